The highest BCUT2D eigenvalue weighted by Crippen LogP contribution is 2.00. The normalized spacial score (nSPS) is 12.3. The Labute approximate surface area is 90.1 Å². The van der Waals surface area contributed by atoms with Gasteiger partial charge in [0.2, 0.25) is 0 Å². The number of nitrogens with zero attached hydrogens (tertiary/aromatic N) is 1. The third-order valence-electron chi connectivity index (χ3n) is 1.46. The minimum Gasteiger partial charge on any atom is -0.396 e. The summed E-state index contributed by atoms with van der Waals surface area (Å²) in [6.07, 6.45) is 0.755. The number of hydrogen-bond donors (Lipinski definition) is 2. The van der Waals surface area contributed by atoms with Crippen LogP contribution in [0.4, 0.5) is 0 Å². The van der Waals surface area contributed by atoms with Crippen LogP contribution in [0.2, 0.25) is 0 Å². The third-order valence-corrected chi connectivity index (χ3v) is 4.06. The van der Waals surface area contributed by atoms with Gasteiger partial charge in [0.1, 0.15) is 0 Å². The SMILES string of the molecule is CN(C)S(=O)(=O)NCCSCCCO. The molecule has 0 bridgehead atoms. The second-order valence-corrected chi connectivity index (χ2v) is 6.07. The zero-order chi connectivity index (χ0) is 11.0. The van der Waals surface area contributed by atoms with Crippen LogP contribution < -0.4 is 4.72 Å². The largest absolute Gasteiger partial charge is 0.396 e. The second kappa shape index (κ2) is 7.47. The Morgan fingerprint density at radius 2 is 2.00 bits per heavy atom. The summed E-state index contributed by atoms with van der Waals surface area (Å²) in [4.78, 5) is 0. The van der Waals surface area contributed by atoms with Crippen molar-refractivity contribution in [1.29, 1.82) is 0 Å². The zero-order valence-corrected chi connectivity index (χ0v) is 10.2. The monoisotopic (exact) mass is 242 g/mol. The minimum absolute atomic E-state index is 0.191. The van der Waals surface area contributed by atoms with Crippen LogP contribution in [-0.4, -0.2) is 56.6 Å². The van der Waals surface area contributed by atoms with E-state index >= 15 is 0 Å². The van der Waals surface area contributed by atoms with Gasteiger partial charge in [-0.15, -0.1) is 0 Å². The van der Waals surface area contributed by atoms with E-state index in [1.807, 2.05) is 0 Å². The lowest BCUT2D eigenvalue weighted by molar-refractivity contribution is 0.296. The highest BCUT2D eigenvalue weighted by Gasteiger charge is 2.10. The predicted molar refractivity (Wildman–Crippen MR) is 59.6 cm³/mol. The summed E-state index contributed by atoms with van der Waals surface area (Å²) >= 11 is 1.62. The average Bonchev–Trinajstić information content (AvgIpc) is 2.10. The molecule has 0 amide bonds. The van der Waals surface area contributed by atoms with Gasteiger partial charge in [-0.3, -0.25) is 0 Å². The molecule has 5 nitrogen and oxygen atoms in total. The van der Waals surface area contributed by atoms with Crippen molar-refractivity contribution in [3.63, 3.8) is 0 Å². The van der Waals surface area contributed by atoms with Crippen molar-refractivity contribution in [3.8, 4) is 0 Å². The molecule has 0 unspecified atom stereocenters. The summed E-state index contributed by atoms with van der Waals surface area (Å²) in [6, 6.07) is 0. The average molecular weight is 242 g/mol. The van der Waals surface area contributed by atoms with Crippen LogP contribution in [0.25, 0.3) is 0 Å². The van der Waals surface area contributed by atoms with E-state index in [4.69, 9.17) is 5.11 Å². The van der Waals surface area contributed by atoms with Gasteiger partial charge in [0.15, 0.2) is 0 Å². The fraction of sp³-hybridized carbons (Fsp3) is 1.00. The number of rotatable bonds is 8. The quantitative estimate of drug-likeness (QED) is 0.563. The van der Waals surface area contributed by atoms with Gasteiger partial charge in [0, 0.05) is 33.0 Å². The lowest BCUT2D eigenvalue weighted by atomic mass is 10.5. The third kappa shape index (κ3) is 6.61. The molecule has 0 aromatic carbocycles. The van der Waals surface area contributed by atoms with Gasteiger partial charge in [-0.25, -0.2) is 4.72 Å². The lowest BCUT2D eigenvalue weighted by Crippen LogP contribution is -2.36. The van der Waals surface area contributed by atoms with E-state index in [9.17, 15) is 8.42 Å². The molecule has 0 saturated carbocycles. The molecule has 7 heteroatoms. The van der Waals surface area contributed by atoms with Crippen molar-refractivity contribution >= 4 is 22.0 Å². The summed E-state index contributed by atoms with van der Waals surface area (Å²) in [6.45, 7) is 0.618. The van der Waals surface area contributed by atoms with E-state index in [0.29, 0.717) is 6.54 Å². The van der Waals surface area contributed by atoms with Crippen molar-refractivity contribution in [2.45, 2.75) is 6.42 Å². The van der Waals surface area contributed by atoms with Crippen molar-refractivity contribution in [2.24, 2.45) is 0 Å². The van der Waals surface area contributed by atoms with Crippen LogP contribution in [0.3, 0.4) is 0 Å². The van der Waals surface area contributed by atoms with Gasteiger partial charge in [0.25, 0.3) is 10.2 Å². The van der Waals surface area contributed by atoms with Crippen molar-refractivity contribution in [1.82, 2.24) is 9.03 Å². The molecule has 0 atom stereocenters. The Morgan fingerprint density at radius 3 is 2.50 bits per heavy atom. The Bertz CT molecular complexity index is 229. The Kier molecular flexibility index (Phi) is 7.56. The first kappa shape index (κ1) is 14.2. The molecular formula is C7H18N2O3S2. The summed E-state index contributed by atoms with van der Waals surface area (Å²) in [5, 5.41) is 8.49. The number of thioether (sulfide) groups is 1. The molecule has 0 rings (SSSR count). The molecule has 0 aromatic heterocycles. The first-order valence-electron chi connectivity index (χ1n) is 4.36. The molecule has 2 N–H and O–H groups in total. The fourth-order valence-corrected chi connectivity index (χ4v) is 2.17. The van der Waals surface area contributed by atoms with E-state index in [2.05, 4.69) is 4.72 Å². The van der Waals surface area contributed by atoms with Crippen LogP contribution in [0.5, 0.6) is 0 Å². The van der Waals surface area contributed by atoms with E-state index in [1.54, 1.807) is 11.8 Å². The van der Waals surface area contributed by atoms with Crippen molar-refractivity contribution < 1.29 is 13.5 Å². The summed E-state index contributed by atoms with van der Waals surface area (Å²) < 4.78 is 26.0. The van der Waals surface area contributed by atoms with Crippen LogP contribution >= 0.6 is 11.8 Å². The highest BCUT2D eigenvalue weighted by atomic mass is 32.2. The summed E-state index contributed by atoms with van der Waals surface area (Å²) in [5.74, 6) is 1.59. The Balaban J connectivity index is 3.46. The topological polar surface area (TPSA) is 69.6 Å². The zero-order valence-electron chi connectivity index (χ0n) is 8.56. The Morgan fingerprint density at radius 1 is 1.36 bits per heavy atom. The van der Waals surface area contributed by atoms with Crippen LogP contribution in [0.15, 0.2) is 0 Å². The van der Waals surface area contributed by atoms with Gasteiger partial charge in [-0.2, -0.15) is 24.5 Å². The van der Waals surface area contributed by atoms with E-state index in [0.717, 1.165) is 22.2 Å². The molecule has 0 aliphatic rings. The van der Waals surface area contributed by atoms with Gasteiger partial charge in [-0.05, 0) is 12.2 Å². The van der Waals surface area contributed by atoms with Gasteiger partial charge in [-0.1, -0.05) is 0 Å². The molecule has 0 aliphatic carbocycles. The van der Waals surface area contributed by atoms with Gasteiger partial charge < -0.3 is 5.11 Å². The van der Waals surface area contributed by atoms with Crippen LogP contribution in [0, 0.1) is 0 Å². The van der Waals surface area contributed by atoms with E-state index in [1.165, 1.54) is 14.1 Å². The number of hydrogen-bond acceptors (Lipinski definition) is 4. The second-order valence-electron chi connectivity index (χ2n) is 2.87. The maximum absolute atomic E-state index is 11.2. The number of nitrogens with one attached hydrogen (secondary N) is 1. The molecule has 0 radical (unpaired) electrons. The molecule has 0 saturated heterocycles. The fourth-order valence-electron chi connectivity index (χ4n) is 0.641. The predicted octanol–water partition coefficient (Wildman–Crippen LogP) is -0.502. The number of aliphatic hydroxyl groups excluding tert-OH is 1. The van der Waals surface area contributed by atoms with Crippen molar-refractivity contribution in [2.75, 3.05) is 38.8 Å². The van der Waals surface area contributed by atoms with Crippen molar-refractivity contribution in [3.05, 3.63) is 0 Å². The first-order valence-corrected chi connectivity index (χ1v) is 6.96. The molecule has 14 heavy (non-hydrogen) atoms. The molecule has 0 heterocycles. The van der Waals surface area contributed by atoms with Crippen LogP contribution in [0.1, 0.15) is 6.42 Å². The lowest BCUT2D eigenvalue weighted by Gasteiger charge is -2.11. The summed E-state index contributed by atoms with van der Waals surface area (Å²) in [7, 11) is -0.296. The van der Waals surface area contributed by atoms with E-state index < -0.39 is 10.2 Å². The summed E-state index contributed by atoms with van der Waals surface area (Å²) in [5.41, 5.74) is 0. The standard InChI is InChI=1S/C7H18N2O3S2/c1-9(2)14(11,12)8-4-7-13-6-3-5-10/h8,10H,3-7H2,1-2H3. The molecular weight excluding hydrogens is 224 g/mol. The molecule has 86 valence electrons. The maximum Gasteiger partial charge on any atom is 0.278 e. The molecule has 0 aromatic rings. The van der Waals surface area contributed by atoms with E-state index in [-0.39, 0.29) is 6.61 Å². The number of aliphatic hydroxyl groups is 1. The minimum atomic E-state index is -3.27. The first-order chi connectivity index (χ1) is 6.50. The van der Waals surface area contributed by atoms with Gasteiger partial charge in [0.05, 0.1) is 0 Å². The smallest absolute Gasteiger partial charge is 0.278 e. The van der Waals surface area contributed by atoms with Crippen LogP contribution in [-0.2, 0) is 10.2 Å². The maximum atomic E-state index is 11.2. The highest BCUT2D eigenvalue weighted by molar-refractivity contribution is 7.99. The molecule has 0 aliphatic heterocycles. The molecule has 0 fully saturated rings. The van der Waals surface area contributed by atoms with Gasteiger partial charge >= 0.3 is 0 Å². The Hall–Kier alpha value is 0.180. The molecule has 0 spiro atoms.